The van der Waals surface area contributed by atoms with Gasteiger partial charge in [0.25, 0.3) is 0 Å². The summed E-state index contributed by atoms with van der Waals surface area (Å²) in [5.41, 5.74) is 0. The van der Waals surface area contributed by atoms with Gasteiger partial charge in [0.05, 0.1) is 12.7 Å². The van der Waals surface area contributed by atoms with Crippen LogP contribution in [0.15, 0.2) is 0 Å². The Morgan fingerprint density at radius 1 is 1.37 bits per heavy atom. The summed E-state index contributed by atoms with van der Waals surface area (Å²) < 4.78 is 4.91. The average Bonchev–Trinajstić information content (AvgIpc) is 2.32. The maximum atomic E-state index is 11.4. The lowest BCUT2D eigenvalue weighted by Crippen LogP contribution is -2.51. The van der Waals surface area contributed by atoms with Crippen LogP contribution in [-0.2, 0) is 9.53 Å². The summed E-state index contributed by atoms with van der Waals surface area (Å²) in [4.78, 5) is 24.1. The lowest BCUT2D eigenvalue weighted by atomic mass is 10.2. The first-order chi connectivity index (χ1) is 8.88. The molecule has 0 rings (SSSR count). The summed E-state index contributed by atoms with van der Waals surface area (Å²) in [6, 6.07) is -1.93. The zero-order valence-electron chi connectivity index (χ0n) is 11.5. The predicted octanol–water partition coefficient (Wildman–Crippen LogP) is -1.30. The third-order valence-electron chi connectivity index (χ3n) is 2.49. The minimum absolute atomic E-state index is 0.373. The van der Waals surface area contributed by atoms with Crippen LogP contribution >= 0.6 is 0 Å². The Morgan fingerprint density at radius 2 is 2.00 bits per heavy atom. The fraction of sp³-hybridized carbons (Fsp3) is 0.818. The second-order valence-electron chi connectivity index (χ2n) is 4.25. The van der Waals surface area contributed by atoms with Gasteiger partial charge in [-0.25, -0.2) is 9.59 Å². The third-order valence-corrected chi connectivity index (χ3v) is 2.49. The van der Waals surface area contributed by atoms with Gasteiger partial charge in [0.1, 0.15) is 0 Å². The number of nitrogens with one attached hydrogen (secondary N) is 2. The van der Waals surface area contributed by atoms with Crippen molar-refractivity contribution < 1.29 is 24.5 Å². The highest BCUT2D eigenvalue weighted by Crippen LogP contribution is 1.92. The van der Waals surface area contributed by atoms with E-state index in [1.54, 1.807) is 7.11 Å². The monoisotopic (exact) mass is 277 g/mol. The number of carboxylic acid groups (broad SMARTS) is 1. The molecule has 0 unspecified atom stereocenters. The van der Waals surface area contributed by atoms with Crippen LogP contribution in [0.4, 0.5) is 4.79 Å². The number of carboxylic acids is 1. The summed E-state index contributed by atoms with van der Waals surface area (Å²) >= 11 is 0. The number of carbonyl (C=O) groups is 2. The molecule has 0 heterocycles. The van der Waals surface area contributed by atoms with Crippen LogP contribution in [0.2, 0.25) is 0 Å². The Labute approximate surface area is 112 Å². The SMILES string of the molecule is COCCN(C)CCNC(=O)N[C@H](C(=O)O)[C@@H](C)O. The van der Waals surface area contributed by atoms with E-state index >= 15 is 0 Å². The molecule has 0 aromatic carbocycles. The molecule has 0 fully saturated rings. The number of ether oxygens (including phenoxy) is 1. The highest BCUT2D eigenvalue weighted by molar-refractivity contribution is 5.82. The Morgan fingerprint density at radius 3 is 2.47 bits per heavy atom. The Balaban J connectivity index is 3.89. The van der Waals surface area contributed by atoms with E-state index in [1.165, 1.54) is 6.92 Å². The van der Waals surface area contributed by atoms with Crippen LogP contribution in [0.25, 0.3) is 0 Å². The quantitative estimate of drug-likeness (QED) is 0.417. The smallest absolute Gasteiger partial charge is 0.328 e. The number of hydrogen-bond donors (Lipinski definition) is 4. The Hall–Kier alpha value is -1.38. The molecule has 0 spiro atoms. The van der Waals surface area contributed by atoms with Crippen LogP contribution in [-0.4, -0.2) is 79.7 Å². The number of aliphatic hydroxyl groups is 1. The van der Waals surface area contributed by atoms with Gasteiger partial charge in [-0.1, -0.05) is 0 Å². The van der Waals surface area contributed by atoms with Crippen molar-refractivity contribution in [3.05, 3.63) is 0 Å². The van der Waals surface area contributed by atoms with Gasteiger partial charge >= 0.3 is 12.0 Å². The lowest BCUT2D eigenvalue weighted by Gasteiger charge is -2.19. The van der Waals surface area contributed by atoms with E-state index in [-0.39, 0.29) is 0 Å². The van der Waals surface area contributed by atoms with E-state index in [1.807, 2.05) is 11.9 Å². The van der Waals surface area contributed by atoms with Gasteiger partial charge in [0.2, 0.25) is 0 Å². The molecule has 8 heteroatoms. The zero-order valence-corrected chi connectivity index (χ0v) is 11.5. The number of amides is 2. The molecule has 0 aliphatic carbocycles. The van der Waals surface area contributed by atoms with Gasteiger partial charge in [-0.3, -0.25) is 0 Å². The minimum Gasteiger partial charge on any atom is -0.480 e. The minimum atomic E-state index is -1.31. The molecule has 0 saturated heterocycles. The van der Waals surface area contributed by atoms with Crippen molar-refractivity contribution in [1.29, 1.82) is 0 Å². The van der Waals surface area contributed by atoms with Crippen LogP contribution in [0.3, 0.4) is 0 Å². The molecule has 0 aromatic heterocycles. The molecular weight excluding hydrogens is 254 g/mol. The highest BCUT2D eigenvalue weighted by atomic mass is 16.5. The van der Waals surface area contributed by atoms with Gasteiger partial charge in [0.15, 0.2) is 6.04 Å². The van der Waals surface area contributed by atoms with Gasteiger partial charge < -0.3 is 30.5 Å². The van der Waals surface area contributed by atoms with Crippen LogP contribution < -0.4 is 10.6 Å². The molecule has 0 aliphatic rings. The number of urea groups is 1. The van der Waals surface area contributed by atoms with Crippen molar-refractivity contribution in [1.82, 2.24) is 15.5 Å². The van der Waals surface area contributed by atoms with Crippen LogP contribution in [0.5, 0.6) is 0 Å². The first kappa shape index (κ1) is 17.6. The average molecular weight is 277 g/mol. The summed E-state index contributed by atoms with van der Waals surface area (Å²) in [5.74, 6) is -1.28. The summed E-state index contributed by atoms with van der Waals surface area (Å²) in [7, 11) is 3.50. The number of methoxy groups -OCH3 is 1. The van der Waals surface area contributed by atoms with Gasteiger partial charge in [-0.05, 0) is 14.0 Å². The standard InChI is InChI=1S/C11H23N3O5/c1-8(15)9(10(16)17)13-11(18)12-4-5-14(2)6-7-19-3/h8-9,15H,4-7H2,1-3H3,(H,16,17)(H2,12,13,18)/t8-,9+/m1/s1. The van der Waals surface area contributed by atoms with E-state index in [0.29, 0.717) is 19.7 Å². The fourth-order valence-corrected chi connectivity index (χ4v) is 1.30. The topological polar surface area (TPSA) is 111 Å². The lowest BCUT2D eigenvalue weighted by molar-refractivity contribution is -0.141. The van der Waals surface area contributed by atoms with Crippen molar-refractivity contribution in [3.8, 4) is 0 Å². The molecule has 112 valence electrons. The van der Waals surface area contributed by atoms with Crippen molar-refractivity contribution in [3.63, 3.8) is 0 Å². The molecule has 0 aromatic rings. The number of aliphatic carboxylic acids is 1. The van der Waals surface area contributed by atoms with E-state index in [4.69, 9.17) is 9.84 Å². The van der Waals surface area contributed by atoms with E-state index < -0.39 is 24.1 Å². The normalized spacial score (nSPS) is 13.9. The van der Waals surface area contributed by atoms with Gasteiger partial charge in [0, 0.05) is 26.7 Å². The summed E-state index contributed by atoms with van der Waals surface area (Å²) in [6.45, 7) is 3.63. The van der Waals surface area contributed by atoms with E-state index in [9.17, 15) is 14.7 Å². The first-order valence-electron chi connectivity index (χ1n) is 6.01. The largest absolute Gasteiger partial charge is 0.480 e. The maximum Gasteiger partial charge on any atom is 0.328 e. The van der Waals surface area contributed by atoms with Gasteiger partial charge in [-0.2, -0.15) is 0 Å². The first-order valence-corrected chi connectivity index (χ1v) is 6.01. The fourth-order valence-electron chi connectivity index (χ4n) is 1.30. The molecule has 0 aliphatic heterocycles. The summed E-state index contributed by atoms with van der Waals surface area (Å²) in [5, 5.41) is 22.7. The Kier molecular flexibility index (Phi) is 8.84. The predicted molar refractivity (Wildman–Crippen MR) is 69.0 cm³/mol. The molecule has 0 bridgehead atoms. The third kappa shape index (κ3) is 8.36. The van der Waals surface area contributed by atoms with Crippen LogP contribution in [0, 0.1) is 0 Å². The van der Waals surface area contributed by atoms with Gasteiger partial charge in [-0.15, -0.1) is 0 Å². The van der Waals surface area contributed by atoms with E-state index in [2.05, 4.69) is 10.6 Å². The highest BCUT2D eigenvalue weighted by Gasteiger charge is 2.24. The van der Waals surface area contributed by atoms with Crippen LogP contribution in [0.1, 0.15) is 6.92 Å². The molecule has 2 amide bonds. The zero-order chi connectivity index (χ0) is 14.8. The van der Waals surface area contributed by atoms with E-state index in [0.717, 1.165) is 6.54 Å². The molecule has 0 saturated carbocycles. The maximum absolute atomic E-state index is 11.4. The molecule has 2 atom stereocenters. The molecule has 8 nitrogen and oxygen atoms in total. The molecule has 0 radical (unpaired) electrons. The second kappa shape index (κ2) is 9.54. The number of hydrogen-bond acceptors (Lipinski definition) is 5. The number of likely N-dealkylation sites (N-methyl/N-ethyl adjacent to an activating group) is 1. The Bertz CT molecular complexity index is 286. The second-order valence-corrected chi connectivity index (χ2v) is 4.25. The number of rotatable bonds is 9. The number of nitrogens with zero attached hydrogens (tertiary/aromatic N) is 1. The van der Waals surface area contributed by atoms with Crippen molar-refractivity contribution in [2.75, 3.05) is 40.4 Å². The number of carbonyl (C=O) groups excluding carboxylic acids is 1. The number of aliphatic hydroxyl groups excluding tert-OH is 1. The summed E-state index contributed by atoms with van der Waals surface area (Å²) in [6.07, 6.45) is -1.16. The van der Waals surface area contributed by atoms with Crippen molar-refractivity contribution in [2.24, 2.45) is 0 Å². The molecular formula is C11H23N3O5. The van der Waals surface area contributed by atoms with Crippen molar-refractivity contribution in [2.45, 2.75) is 19.1 Å². The van der Waals surface area contributed by atoms with Crippen molar-refractivity contribution >= 4 is 12.0 Å². The molecule has 4 N–H and O–H groups in total. The molecule has 19 heavy (non-hydrogen) atoms.